The Balaban J connectivity index is 3.04. The molecule has 0 aromatic carbocycles. The molecule has 0 atom stereocenters. The third-order valence-corrected chi connectivity index (χ3v) is 2.45. The van der Waals surface area contributed by atoms with Crippen molar-refractivity contribution >= 4 is 22.3 Å². The molecule has 1 aromatic heterocycles. The van der Waals surface area contributed by atoms with Gasteiger partial charge in [0.05, 0.1) is 11.3 Å². The molecule has 0 spiro atoms. The lowest BCUT2D eigenvalue weighted by Gasteiger charge is -2.00. The minimum atomic E-state index is 0.0807. The smallest absolute Gasteiger partial charge is 0.164 e. The zero-order valence-electron chi connectivity index (χ0n) is 7.47. The number of ketones is 1. The third-order valence-electron chi connectivity index (χ3n) is 1.55. The molecule has 0 unspecified atom stereocenters. The number of nitrogens with zero attached hydrogens (tertiary/aromatic N) is 1. The number of hydrogen-bond donors (Lipinski definition) is 1. The van der Waals surface area contributed by atoms with E-state index in [0.717, 1.165) is 22.8 Å². The molecule has 4 heteroatoms. The van der Waals surface area contributed by atoms with Gasteiger partial charge in [-0.2, -0.15) is 4.37 Å². The van der Waals surface area contributed by atoms with Gasteiger partial charge in [-0.15, -0.1) is 0 Å². The van der Waals surface area contributed by atoms with E-state index in [1.807, 2.05) is 13.8 Å². The highest BCUT2D eigenvalue weighted by molar-refractivity contribution is 7.10. The molecule has 1 N–H and O–H groups in total. The Morgan fingerprint density at radius 1 is 1.67 bits per heavy atom. The van der Waals surface area contributed by atoms with Gasteiger partial charge in [-0.05, 0) is 32.3 Å². The number of aryl methyl sites for hydroxylation is 1. The summed E-state index contributed by atoms with van der Waals surface area (Å²) in [5.74, 6) is 0.0807. The van der Waals surface area contributed by atoms with E-state index in [0.29, 0.717) is 0 Å². The second kappa shape index (κ2) is 3.67. The van der Waals surface area contributed by atoms with Crippen molar-refractivity contribution in [2.75, 3.05) is 11.9 Å². The lowest BCUT2D eigenvalue weighted by molar-refractivity contribution is 0.101. The van der Waals surface area contributed by atoms with Crippen molar-refractivity contribution in [3.05, 3.63) is 11.3 Å². The average molecular weight is 184 g/mol. The molecular formula is C8H12N2OS. The van der Waals surface area contributed by atoms with Gasteiger partial charge in [-0.3, -0.25) is 4.79 Å². The molecule has 1 aromatic rings. The van der Waals surface area contributed by atoms with Crippen molar-refractivity contribution in [2.45, 2.75) is 20.8 Å². The normalized spacial score (nSPS) is 9.92. The molecule has 0 saturated heterocycles. The molecule has 12 heavy (non-hydrogen) atoms. The number of anilines is 1. The minimum absolute atomic E-state index is 0.0807. The van der Waals surface area contributed by atoms with Crippen LogP contribution < -0.4 is 5.32 Å². The lowest BCUT2D eigenvalue weighted by atomic mass is 10.2. The Morgan fingerprint density at radius 2 is 2.33 bits per heavy atom. The minimum Gasteiger partial charge on any atom is -0.375 e. The summed E-state index contributed by atoms with van der Waals surface area (Å²) in [7, 11) is 0. The van der Waals surface area contributed by atoms with E-state index in [9.17, 15) is 4.79 Å². The van der Waals surface area contributed by atoms with Crippen LogP contribution in [0.1, 0.15) is 29.9 Å². The highest BCUT2D eigenvalue weighted by atomic mass is 32.1. The second-order valence-corrected chi connectivity index (χ2v) is 3.33. The van der Waals surface area contributed by atoms with Gasteiger partial charge in [0.2, 0.25) is 0 Å². The van der Waals surface area contributed by atoms with E-state index in [2.05, 4.69) is 9.69 Å². The Morgan fingerprint density at radius 3 is 2.83 bits per heavy atom. The zero-order valence-corrected chi connectivity index (χ0v) is 8.29. The molecule has 3 nitrogen and oxygen atoms in total. The van der Waals surface area contributed by atoms with Crippen LogP contribution in [0.2, 0.25) is 0 Å². The first kappa shape index (κ1) is 9.19. The maximum absolute atomic E-state index is 11.1. The molecular weight excluding hydrogens is 172 g/mol. The summed E-state index contributed by atoms with van der Waals surface area (Å²) in [5, 5.41) is 4.00. The Labute approximate surface area is 76.0 Å². The highest BCUT2D eigenvalue weighted by Crippen LogP contribution is 2.24. The fourth-order valence-corrected chi connectivity index (χ4v) is 1.98. The van der Waals surface area contributed by atoms with Crippen molar-refractivity contribution < 1.29 is 4.79 Å². The van der Waals surface area contributed by atoms with Gasteiger partial charge < -0.3 is 5.32 Å². The molecule has 0 saturated carbocycles. The molecule has 0 aliphatic rings. The van der Waals surface area contributed by atoms with Crippen LogP contribution in [-0.4, -0.2) is 16.7 Å². The van der Waals surface area contributed by atoms with E-state index in [4.69, 9.17) is 0 Å². The third kappa shape index (κ3) is 1.64. The molecule has 0 radical (unpaired) electrons. The van der Waals surface area contributed by atoms with Gasteiger partial charge in [-0.1, -0.05) is 0 Å². The monoisotopic (exact) mass is 184 g/mol. The molecule has 1 rings (SSSR count). The molecule has 0 aliphatic carbocycles. The second-order valence-electron chi connectivity index (χ2n) is 2.56. The SMILES string of the molecule is CCNc1snc(C)c1C(C)=O. The van der Waals surface area contributed by atoms with E-state index < -0.39 is 0 Å². The zero-order chi connectivity index (χ0) is 9.14. The first-order valence-electron chi connectivity index (χ1n) is 3.88. The lowest BCUT2D eigenvalue weighted by Crippen LogP contribution is -2.01. The van der Waals surface area contributed by atoms with E-state index in [1.165, 1.54) is 11.5 Å². The van der Waals surface area contributed by atoms with Crippen LogP contribution in [0.25, 0.3) is 0 Å². The number of Topliss-reactive ketones (excluding diaryl/α,β-unsaturated/α-hetero) is 1. The number of carbonyl (C=O) groups excluding carboxylic acids is 1. The number of aromatic nitrogens is 1. The Bertz CT molecular complexity index is 293. The summed E-state index contributed by atoms with van der Waals surface area (Å²) < 4.78 is 4.11. The first-order chi connectivity index (χ1) is 5.66. The predicted octanol–water partition coefficient (Wildman–Crippen LogP) is 2.09. The summed E-state index contributed by atoms with van der Waals surface area (Å²) >= 11 is 1.35. The Hall–Kier alpha value is -0.900. The van der Waals surface area contributed by atoms with Gasteiger partial charge in [0.25, 0.3) is 0 Å². The van der Waals surface area contributed by atoms with Crippen LogP contribution in [0.3, 0.4) is 0 Å². The van der Waals surface area contributed by atoms with Crippen molar-refractivity contribution in [1.29, 1.82) is 0 Å². The van der Waals surface area contributed by atoms with Gasteiger partial charge in [0.15, 0.2) is 5.78 Å². The number of hydrogen-bond acceptors (Lipinski definition) is 4. The number of rotatable bonds is 3. The molecule has 0 amide bonds. The maximum Gasteiger partial charge on any atom is 0.164 e. The fraction of sp³-hybridized carbons (Fsp3) is 0.500. The van der Waals surface area contributed by atoms with Gasteiger partial charge in [0.1, 0.15) is 5.00 Å². The molecule has 1 heterocycles. The summed E-state index contributed by atoms with van der Waals surface area (Å²) in [5.41, 5.74) is 1.56. The van der Waals surface area contributed by atoms with Crippen molar-refractivity contribution in [2.24, 2.45) is 0 Å². The standard InChI is InChI=1S/C8H12N2OS/c1-4-9-8-7(6(3)11)5(2)10-12-8/h9H,4H2,1-3H3. The molecule has 0 aliphatic heterocycles. The van der Waals surface area contributed by atoms with Gasteiger partial charge in [-0.25, -0.2) is 0 Å². The van der Waals surface area contributed by atoms with Crippen LogP contribution >= 0.6 is 11.5 Å². The summed E-state index contributed by atoms with van der Waals surface area (Å²) in [4.78, 5) is 11.1. The van der Waals surface area contributed by atoms with E-state index in [-0.39, 0.29) is 5.78 Å². The summed E-state index contributed by atoms with van der Waals surface area (Å²) in [6.07, 6.45) is 0. The van der Waals surface area contributed by atoms with Gasteiger partial charge in [0, 0.05) is 6.54 Å². The van der Waals surface area contributed by atoms with Crippen LogP contribution in [0.4, 0.5) is 5.00 Å². The van der Waals surface area contributed by atoms with Crippen molar-refractivity contribution in [1.82, 2.24) is 4.37 Å². The Kier molecular flexibility index (Phi) is 2.81. The maximum atomic E-state index is 11.1. The largest absolute Gasteiger partial charge is 0.375 e. The van der Waals surface area contributed by atoms with Crippen LogP contribution in [0.15, 0.2) is 0 Å². The fourth-order valence-electron chi connectivity index (χ4n) is 1.07. The molecule has 0 fully saturated rings. The summed E-state index contributed by atoms with van der Waals surface area (Å²) in [6, 6.07) is 0. The van der Waals surface area contributed by atoms with Gasteiger partial charge >= 0.3 is 0 Å². The predicted molar refractivity (Wildman–Crippen MR) is 51.0 cm³/mol. The quantitative estimate of drug-likeness (QED) is 0.731. The topological polar surface area (TPSA) is 42.0 Å². The van der Waals surface area contributed by atoms with Crippen molar-refractivity contribution in [3.8, 4) is 0 Å². The van der Waals surface area contributed by atoms with Crippen LogP contribution in [0.5, 0.6) is 0 Å². The highest BCUT2D eigenvalue weighted by Gasteiger charge is 2.13. The molecule has 0 bridgehead atoms. The first-order valence-corrected chi connectivity index (χ1v) is 4.65. The summed E-state index contributed by atoms with van der Waals surface area (Å²) in [6.45, 7) is 6.24. The van der Waals surface area contributed by atoms with Crippen LogP contribution in [0, 0.1) is 6.92 Å². The van der Waals surface area contributed by atoms with Crippen LogP contribution in [-0.2, 0) is 0 Å². The number of nitrogens with one attached hydrogen (secondary N) is 1. The number of carbonyl (C=O) groups is 1. The van der Waals surface area contributed by atoms with E-state index in [1.54, 1.807) is 6.92 Å². The van der Waals surface area contributed by atoms with Crippen molar-refractivity contribution in [3.63, 3.8) is 0 Å². The molecule has 66 valence electrons. The average Bonchev–Trinajstić information content (AvgIpc) is 2.32. The van der Waals surface area contributed by atoms with E-state index >= 15 is 0 Å².